The molecule has 3 nitrogen and oxygen atoms in total. The fourth-order valence-electron chi connectivity index (χ4n) is 7.96. The van der Waals surface area contributed by atoms with E-state index < -0.39 is 0 Å². The predicted molar refractivity (Wildman–Crippen MR) is 125 cm³/mol. The van der Waals surface area contributed by atoms with E-state index >= 15 is 0 Å². The van der Waals surface area contributed by atoms with E-state index in [0.717, 1.165) is 25.7 Å². The molecule has 0 radical (unpaired) electrons. The molecule has 2 N–H and O–H groups in total. The monoisotopic (exact) mass is 426 g/mol. The number of carbonyl (C=O) groups is 1. The SMILES string of the molecule is Cc1cc2c(c3c1[C@@H]1CC[C@H]([C@H](C)[C@@H](CC(=O)CO)C(C)C)[C@@]1(C)CC3)CC[C@H](O)C2. The van der Waals surface area contributed by atoms with Crippen LogP contribution in [0, 0.1) is 36.0 Å². The maximum atomic E-state index is 12.1. The minimum absolute atomic E-state index is 0.0103. The van der Waals surface area contributed by atoms with E-state index in [1.165, 1.54) is 30.4 Å². The Labute approximate surface area is 188 Å². The smallest absolute Gasteiger partial charge is 0.158 e. The van der Waals surface area contributed by atoms with Crippen molar-refractivity contribution >= 4 is 5.78 Å². The summed E-state index contributed by atoms with van der Waals surface area (Å²) in [5.41, 5.74) is 7.92. The van der Waals surface area contributed by atoms with Gasteiger partial charge in [0, 0.05) is 6.42 Å². The van der Waals surface area contributed by atoms with Crippen molar-refractivity contribution in [2.24, 2.45) is 29.1 Å². The number of ketones is 1. The van der Waals surface area contributed by atoms with Crippen LogP contribution in [0.4, 0.5) is 0 Å². The summed E-state index contributed by atoms with van der Waals surface area (Å²) in [5, 5.41) is 19.5. The molecule has 0 amide bonds. The Morgan fingerprint density at radius 1 is 1.16 bits per heavy atom. The second kappa shape index (κ2) is 8.63. The van der Waals surface area contributed by atoms with Crippen molar-refractivity contribution < 1.29 is 15.0 Å². The van der Waals surface area contributed by atoms with Gasteiger partial charge in [0.1, 0.15) is 6.61 Å². The lowest BCUT2D eigenvalue weighted by molar-refractivity contribution is -0.123. The van der Waals surface area contributed by atoms with E-state index in [1.54, 1.807) is 16.7 Å². The first kappa shape index (κ1) is 23.0. The summed E-state index contributed by atoms with van der Waals surface area (Å²) < 4.78 is 0. The molecule has 1 saturated carbocycles. The van der Waals surface area contributed by atoms with Crippen LogP contribution in [0.15, 0.2) is 6.07 Å². The van der Waals surface area contributed by atoms with E-state index in [4.69, 9.17) is 0 Å². The quantitative estimate of drug-likeness (QED) is 0.661. The molecule has 3 heteroatoms. The third-order valence-electron chi connectivity index (χ3n) is 9.55. The van der Waals surface area contributed by atoms with Gasteiger partial charge in [-0.1, -0.05) is 33.8 Å². The standard InChI is InChI=1S/C28H42O3/c1-16(2)24(14-21(31)15-29)18(4)25-8-9-26-27-17(3)12-19-13-20(30)6-7-22(19)23(27)10-11-28(25,26)5/h12,16,18,20,24-26,29-30H,6-11,13-15H2,1-5H3/t18-,20+,24+,25-,26+,28-/m1/s1. The van der Waals surface area contributed by atoms with Crippen LogP contribution in [0.25, 0.3) is 0 Å². The number of aryl methyl sites for hydroxylation is 1. The number of fused-ring (bicyclic) bond motifs is 5. The molecule has 172 valence electrons. The van der Waals surface area contributed by atoms with E-state index in [9.17, 15) is 15.0 Å². The number of rotatable bonds is 6. The molecule has 0 saturated heterocycles. The number of benzene rings is 1. The molecular weight excluding hydrogens is 384 g/mol. The van der Waals surface area contributed by atoms with Crippen LogP contribution >= 0.6 is 0 Å². The molecule has 0 heterocycles. The summed E-state index contributed by atoms with van der Waals surface area (Å²) in [4.78, 5) is 12.1. The lowest BCUT2D eigenvalue weighted by atomic mass is 9.57. The fraction of sp³-hybridized carbons (Fsp3) is 0.750. The van der Waals surface area contributed by atoms with Gasteiger partial charge in [-0.05, 0) is 115 Å². The molecule has 4 rings (SSSR count). The topological polar surface area (TPSA) is 57.5 Å². The van der Waals surface area contributed by atoms with Crippen molar-refractivity contribution in [3.8, 4) is 0 Å². The molecular formula is C28H42O3. The fourth-order valence-corrected chi connectivity index (χ4v) is 7.96. The molecule has 0 aliphatic heterocycles. The molecule has 1 aromatic rings. The zero-order chi connectivity index (χ0) is 22.5. The molecule has 31 heavy (non-hydrogen) atoms. The summed E-state index contributed by atoms with van der Waals surface area (Å²) in [6, 6.07) is 2.38. The Hall–Kier alpha value is -1.19. The molecule has 0 bridgehead atoms. The van der Waals surface area contributed by atoms with Crippen LogP contribution < -0.4 is 0 Å². The number of aliphatic hydroxyl groups excluding tert-OH is 2. The number of carbonyl (C=O) groups excluding carboxylic acids is 1. The Kier molecular flexibility index (Phi) is 6.40. The molecule has 0 aromatic heterocycles. The highest BCUT2D eigenvalue weighted by molar-refractivity contribution is 5.79. The molecule has 0 unspecified atom stereocenters. The summed E-state index contributed by atoms with van der Waals surface area (Å²) in [6.45, 7) is 11.3. The van der Waals surface area contributed by atoms with Gasteiger partial charge in [0.15, 0.2) is 5.78 Å². The van der Waals surface area contributed by atoms with E-state index in [2.05, 4.69) is 40.7 Å². The first-order valence-corrected chi connectivity index (χ1v) is 12.6. The van der Waals surface area contributed by atoms with Gasteiger partial charge in [-0.15, -0.1) is 0 Å². The molecule has 3 aliphatic rings. The van der Waals surface area contributed by atoms with Gasteiger partial charge in [0.05, 0.1) is 6.10 Å². The Morgan fingerprint density at radius 2 is 1.90 bits per heavy atom. The molecule has 3 aliphatic carbocycles. The zero-order valence-electron chi connectivity index (χ0n) is 20.2. The van der Waals surface area contributed by atoms with Gasteiger partial charge in [-0.2, -0.15) is 0 Å². The Morgan fingerprint density at radius 3 is 2.58 bits per heavy atom. The summed E-state index contributed by atoms with van der Waals surface area (Å²) in [6.07, 6.45) is 7.97. The molecule has 1 aromatic carbocycles. The van der Waals surface area contributed by atoms with Crippen molar-refractivity contribution in [2.75, 3.05) is 6.61 Å². The van der Waals surface area contributed by atoms with Crippen molar-refractivity contribution in [3.63, 3.8) is 0 Å². The van der Waals surface area contributed by atoms with Crippen LogP contribution in [0.5, 0.6) is 0 Å². The predicted octanol–water partition coefficient (Wildman–Crippen LogP) is 5.15. The van der Waals surface area contributed by atoms with E-state index in [1.807, 2.05) is 0 Å². The van der Waals surface area contributed by atoms with Crippen molar-refractivity contribution in [1.82, 2.24) is 0 Å². The van der Waals surface area contributed by atoms with Crippen molar-refractivity contribution in [3.05, 3.63) is 33.9 Å². The lowest BCUT2D eigenvalue weighted by Crippen LogP contribution is -2.39. The van der Waals surface area contributed by atoms with Gasteiger partial charge in [0.25, 0.3) is 0 Å². The molecule has 0 spiro atoms. The van der Waals surface area contributed by atoms with Gasteiger partial charge < -0.3 is 10.2 Å². The molecule has 1 fully saturated rings. The minimum atomic E-state index is -0.327. The maximum absolute atomic E-state index is 12.1. The number of hydrogen-bond acceptors (Lipinski definition) is 3. The third-order valence-corrected chi connectivity index (χ3v) is 9.55. The van der Waals surface area contributed by atoms with Gasteiger partial charge in [-0.25, -0.2) is 0 Å². The summed E-state index contributed by atoms with van der Waals surface area (Å²) >= 11 is 0. The summed E-state index contributed by atoms with van der Waals surface area (Å²) in [7, 11) is 0. The maximum Gasteiger partial charge on any atom is 0.158 e. The highest BCUT2D eigenvalue weighted by Gasteiger charge is 2.53. The van der Waals surface area contributed by atoms with E-state index in [0.29, 0.717) is 36.0 Å². The van der Waals surface area contributed by atoms with Gasteiger partial charge in [0.2, 0.25) is 0 Å². The summed E-state index contributed by atoms with van der Waals surface area (Å²) in [5.74, 6) is 2.50. The lowest BCUT2D eigenvalue weighted by Gasteiger charge is -2.47. The second-order valence-corrected chi connectivity index (χ2v) is 11.5. The minimum Gasteiger partial charge on any atom is -0.393 e. The van der Waals surface area contributed by atoms with Crippen LogP contribution in [0.2, 0.25) is 0 Å². The zero-order valence-corrected chi connectivity index (χ0v) is 20.2. The Bertz CT molecular complexity index is 841. The van der Waals surface area contributed by atoms with Crippen LogP contribution in [0.1, 0.15) is 93.5 Å². The first-order valence-electron chi connectivity index (χ1n) is 12.6. The molecule has 6 atom stereocenters. The van der Waals surface area contributed by atoms with Crippen molar-refractivity contribution in [2.45, 2.75) is 98.0 Å². The average Bonchev–Trinajstić information content (AvgIpc) is 3.07. The average molecular weight is 427 g/mol. The second-order valence-electron chi connectivity index (χ2n) is 11.5. The van der Waals surface area contributed by atoms with E-state index in [-0.39, 0.29) is 23.9 Å². The first-order chi connectivity index (χ1) is 14.7. The van der Waals surface area contributed by atoms with Crippen LogP contribution in [-0.4, -0.2) is 28.7 Å². The van der Waals surface area contributed by atoms with Gasteiger partial charge >= 0.3 is 0 Å². The number of hydrogen-bond donors (Lipinski definition) is 2. The van der Waals surface area contributed by atoms with Crippen LogP contribution in [0.3, 0.4) is 0 Å². The van der Waals surface area contributed by atoms with Gasteiger partial charge in [-0.3, -0.25) is 4.79 Å². The Balaban J connectivity index is 1.66. The number of Topliss-reactive ketones (excluding diaryl/α,β-unsaturated/α-hetero) is 1. The highest BCUT2D eigenvalue weighted by Crippen LogP contribution is 2.62. The number of aliphatic hydroxyl groups is 2. The van der Waals surface area contributed by atoms with Crippen LogP contribution in [-0.2, 0) is 24.1 Å². The normalized spacial score (nSPS) is 31.7. The largest absolute Gasteiger partial charge is 0.393 e. The third kappa shape index (κ3) is 3.91. The highest BCUT2D eigenvalue weighted by atomic mass is 16.3. The van der Waals surface area contributed by atoms with Crippen molar-refractivity contribution in [1.29, 1.82) is 0 Å².